The van der Waals surface area contributed by atoms with E-state index in [1.54, 1.807) is 0 Å². The van der Waals surface area contributed by atoms with Gasteiger partial charge in [-0.05, 0) is 47.7 Å². The summed E-state index contributed by atoms with van der Waals surface area (Å²) in [6.07, 6.45) is 0. The molecule has 15 heavy (non-hydrogen) atoms. The third kappa shape index (κ3) is 3.26. The summed E-state index contributed by atoms with van der Waals surface area (Å²) in [5.41, 5.74) is 12.5. The molecule has 0 spiro atoms. The number of hydrogen-bond donors (Lipinski definition) is 2. The van der Waals surface area contributed by atoms with Gasteiger partial charge in [-0.2, -0.15) is 0 Å². The summed E-state index contributed by atoms with van der Waals surface area (Å²) in [6.45, 7) is 2.95. The summed E-state index contributed by atoms with van der Waals surface area (Å²) < 4.78 is 1.02. The predicted molar refractivity (Wildman–Crippen MR) is 70.7 cm³/mol. The summed E-state index contributed by atoms with van der Waals surface area (Å²) in [7, 11) is 0. The van der Waals surface area contributed by atoms with Gasteiger partial charge in [-0.15, -0.1) is 0 Å². The molecule has 0 saturated carbocycles. The SMILES string of the molecule is CCN(CC(N)=O)c1ccc(N)cc1I. The molecule has 82 valence electrons. The van der Waals surface area contributed by atoms with Gasteiger partial charge in [0.25, 0.3) is 0 Å². The standard InChI is InChI=1S/C10H14IN3O/c1-2-14(6-10(13)15)9-4-3-7(12)5-8(9)11/h3-5H,2,6,12H2,1H3,(H2,13,15). The van der Waals surface area contributed by atoms with E-state index in [0.29, 0.717) is 0 Å². The average Bonchev–Trinajstić information content (AvgIpc) is 2.14. The van der Waals surface area contributed by atoms with E-state index in [-0.39, 0.29) is 12.5 Å². The van der Waals surface area contributed by atoms with Crippen LogP contribution in [0.2, 0.25) is 0 Å². The fraction of sp³-hybridized carbons (Fsp3) is 0.300. The highest BCUT2D eigenvalue weighted by Gasteiger charge is 2.10. The maximum absolute atomic E-state index is 10.9. The van der Waals surface area contributed by atoms with Crippen molar-refractivity contribution < 1.29 is 4.79 Å². The van der Waals surface area contributed by atoms with Crippen molar-refractivity contribution in [3.05, 3.63) is 21.8 Å². The number of rotatable bonds is 4. The van der Waals surface area contributed by atoms with Crippen molar-refractivity contribution in [1.82, 2.24) is 0 Å². The van der Waals surface area contributed by atoms with Crippen LogP contribution in [0.25, 0.3) is 0 Å². The minimum absolute atomic E-state index is 0.233. The molecule has 0 aliphatic rings. The van der Waals surface area contributed by atoms with E-state index < -0.39 is 0 Å². The summed E-state index contributed by atoms with van der Waals surface area (Å²) >= 11 is 2.20. The molecule has 0 unspecified atom stereocenters. The van der Waals surface area contributed by atoms with E-state index in [2.05, 4.69) is 22.6 Å². The molecule has 0 heterocycles. The smallest absolute Gasteiger partial charge is 0.236 e. The van der Waals surface area contributed by atoms with Crippen LogP contribution < -0.4 is 16.4 Å². The Bertz CT molecular complexity index is 368. The highest BCUT2D eigenvalue weighted by Crippen LogP contribution is 2.24. The second kappa shape index (κ2) is 5.20. The Kier molecular flexibility index (Phi) is 4.19. The Morgan fingerprint density at radius 2 is 2.20 bits per heavy atom. The Hall–Kier alpha value is -0.980. The molecular weight excluding hydrogens is 305 g/mol. The molecule has 0 aliphatic carbocycles. The molecule has 0 saturated heterocycles. The number of amides is 1. The Morgan fingerprint density at radius 3 is 2.67 bits per heavy atom. The van der Waals surface area contributed by atoms with E-state index in [4.69, 9.17) is 11.5 Å². The van der Waals surface area contributed by atoms with Gasteiger partial charge in [-0.1, -0.05) is 0 Å². The lowest BCUT2D eigenvalue weighted by atomic mass is 10.2. The van der Waals surface area contributed by atoms with Crippen LogP contribution in [0, 0.1) is 3.57 Å². The van der Waals surface area contributed by atoms with Crippen LogP contribution >= 0.6 is 22.6 Å². The van der Waals surface area contributed by atoms with Gasteiger partial charge < -0.3 is 16.4 Å². The minimum Gasteiger partial charge on any atom is -0.399 e. The number of likely N-dealkylation sites (N-methyl/N-ethyl adjacent to an activating group) is 1. The van der Waals surface area contributed by atoms with Gasteiger partial charge in [0.05, 0.1) is 12.2 Å². The Balaban J connectivity index is 2.96. The molecule has 0 radical (unpaired) electrons. The molecule has 0 fully saturated rings. The van der Waals surface area contributed by atoms with Crippen molar-refractivity contribution in [2.75, 3.05) is 23.7 Å². The molecule has 1 amide bonds. The van der Waals surface area contributed by atoms with Gasteiger partial charge in [0, 0.05) is 15.8 Å². The van der Waals surface area contributed by atoms with E-state index >= 15 is 0 Å². The summed E-state index contributed by atoms with van der Waals surface area (Å²) in [5.74, 6) is -0.329. The van der Waals surface area contributed by atoms with Crippen molar-refractivity contribution in [2.45, 2.75) is 6.92 Å². The number of nitrogens with zero attached hydrogens (tertiary/aromatic N) is 1. The summed E-state index contributed by atoms with van der Waals surface area (Å²) in [5, 5.41) is 0. The van der Waals surface area contributed by atoms with Crippen LogP contribution in [0.15, 0.2) is 18.2 Å². The Labute approximate surface area is 103 Å². The van der Waals surface area contributed by atoms with E-state index in [1.165, 1.54) is 0 Å². The maximum atomic E-state index is 10.9. The topological polar surface area (TPSA) is 72.3 Å². The third-order valence-corrected chi connectivity index (χ3v) is 2.90. The van der Waals surface area contributed by atoms with Gasteiger partial charge in [0.1, 0.15) is 0 Å². The van der Waals surface area contributed by atoms with Crippen LogP contribution in [0.1, 0.15) is 6.92 Å². The molecule has 0 bridgehead atoms. The fourth-order valence-electron chi connectivity index (χ4n) is 1.34. The summed E-state index contributed by atoms with van der Waals surface area (Å²) in [6, 6.07) is 5.60. The lowest BCUT2D eigenvalue weighted by molar-refractivity contribution is -0.116. The van der Waals surface area contributed by atoms with Crippen molar-refractivity contribution in [3.63, 3.8) is 0 Å². The monoisotopic (exact) mass is 319 g/mol. The number of nitrogen functional groups attached to an aromatic ring is 1. The molecule has 4 N–H and O–H groups in total. The van der Waals surface area contributed by atoms with E-state index in [0.717, 1.165) is 21.5 Å². The largest absolute Gasteiger partial charge is 0.399 e. The molecule has 1 aromatic rings. The van der Waals surface area contributed by atoms with Gasteiger partial charge in [0.2, 0.25) is 5.91 Å². The van der Waals surface area contributed by atoms with Crippen LogP contribution in [0.5, 0.6) is 0 Å². The molecule has 0 aromatic heterocycles. The molecule has 0 aliphatic heterocycles. The quantitative estimate of drug-likeness (QED) is 0.647. The molecule has 4 nitrogen and oxygen atoms in total. The normalized spacial score (nSPS) is 10.0. The number of anilines is 2. The zero-order chi connectivity index (χ0) is 11.4. The van der Waals surface area contributed by atoms with Crippen molar-refractivity contribution in [2.24, 2.45) is 5.73 Å². The van der Waals surface area contributed by atoms with Crippen LogP contribution in [0.4, 0.5) is 11.4 Å². The number of hydrogen-bond acceptors (Lipinski definition) is 3. The number of primary amides is 1. The first kappa shape index (κ1) is 12.1. The molecule has 0 atom stereocenters. The zero-order valence-electron chi connectivity index (χ0n) is 8.53. The first-order valence-electron chi connectivity index (χ1n) is 4.63. The lowest BCUT2D eigenvalue weighted by Crippen LogP contribution is -2.34. The van der Waals surface area contributed by atoms with Gasteiger partial charge in [-0.3, -0.25) is 4.79 Å². The molecule has 5 heteroatoms. The predicted octanol–water partition coefficient (Wildman–Crippen LogP) is 1.18. The van der Waals surface area contributed by atoms with Crippen LogP contribution in [-0.4, -0.2) is 19.0 Å². The van der Waals surface area contributed by atoms with Crippen molar-refractivity contribution in [3.8, 4) is 0 Å². The first-order chi connectivity index (χ1) is 7.04. The first-order valence-corrected chi connectivity index (χ1v) is 5.70. The second-order valence-corrected chi connectivity index (χ2v) is 4.35. The number of nitrogens with two attached hydrogens (primary N) is 2. The number of benzene rings is 1. The van der Waals surface area contributed by atoms with Gasteiger partial charge in [0.15, 0.2) is 0 Å². The number of carbonyl (C=O) groups excluding carboxylic acids is 1. The average molecular weight is 319 g/mol. The van der Waals surface area contributed by atoms with Crippen LogP contribution in [-0.2, 0) is 4.79 Å². The molecule has 1 aromatic carbocycles. The highest BCUT2D eigenvalue weighted by molar-refractivity contribution is 14.1. The Morgan fingerprint density at radius 1 is 1.53 bits per heavy atom. The van der Waals surface area contributed by atoms with Gasteiger partial charge >= 0.3 is 0 Å². The molecular formula is C10H14IN3O. The van der Waals surface area contributed by atoms with Gasteiger partial charge in [-0.25, -0.2) is 0 Å². The second-order valence-electron chi connectivity index (χ2n) is 3.19. The lowest BCUT2D eigenvalue weighted by Gasteiger charge is -2.22. The third-order valence-electron chi connectivity index (χ3n) is 2.04. The van der Waals surface area contributed by atoms with Crippen molar-refractivity contribution >= 4 is 39.9 Å². The minimum atomic E-state index is -0.329. The fourth-order valence-corrected chi connectivity index (χ4v) is 2.22. The van der Waals surface area contributed by atoms with E-state index in [9.17, 15) is 4.79 Å². The number of halogens is 1. The number of carbonyl (C=O) groups is 1. The highest BCUT2D eigenvalue weighted by atomic mass is 127. The van der Waals surface area contributed by atoms with E-state index in [1.807, 2.05) is 30.0 Å². The summed E-state index contributed by atoms with van der Waals surface area (Å²) in [4.78, 5) is 12.8. The molecule has 1 rings (SSSR count). The van der Waals surface area contributed by atoms with Crippen molar-refractivity contribution in [1.29, 1.82) is 0 Å². The van der Waals surface area contributed by atoms with Crippen LogP contribution in [0.3, 0.4) is 0 Å². The zero-order valence-corrected chi connectivity index (χ0v) is 10.7. The maximum Gasteiger partial charge on any atom is 0.236 e.